The molecular formula is C7H12NO+. The Morgan fingerprint density at radius 2 is 2.00 bits per heavy atom. The van der Waals surface area contributed by atoms with Gasteiger partial charge in [-0.3, -0.25) is 5.73 Å². The number of amides is 1. The van der Waals surface area contributed by atoms with Gasteiger partial charge in [-0.2, -0.15) is 0 Å². The Kier molecular flexibility index (Phi) is 3.64. The third-order valence-corrected chi connectivity index (χ3v) is 0.979. The Labute approximate surface area is 55.1 Å². The van der Waals surface area contributed by atoms with Gasteiger partial charge in [-0.1, -0.05) is 12.2 Å². The maximum atomic E-state index is 10.5. The summed E-state index contributed by atoms with van der Waals surface area (Å²) in [6.07, 6.45) is 5.31. The van der Waals surface area contributed by atoms with Crippen molar-refractivity contribution in [3.63, 3.8) is 0 Å². The van der Waals surface area contributed by atoms with E-state index in [-0.39, 0.29) is 5.91 Å². The van der Waals surface area contributed by atoms with Crippen LogP contribution in [0.25, 0.3) is 0 Å². The Hall–Kier alpha value is -0.890. The second-order valence-corrected chi connectivity index (χ2v) is 1.67. The largest absolute Gasteiger partial charge is 0.340 e. The quantitative estimate of drug-likeness (QED) is 0.419. The maximum absolute atomic E-state index is 10.5. The van der Waals surface area contributed by atoms with E-state index >= 15 is 0 Å². The zero-order valence-electron chi connectivity index (χ0n) is 5.85. The van der Waals surface area contributed by atoms with Gasteiger partial charge in [-0.05, 0) is 19.9 Å². The van der Waals surface area contributed by atoms with Gasteiger partial charge in [-0.15, -0.1) is 0 Å². The van der Waals surface area contributed by atoms with Crippen molar-refractivity contribution in [1.29, 1.82) is 0 Å². The summed E-state index contributed by atoms with van der Waals surface area (Å²) in [6, 6.07) is 0. The fourth-order valence-corrected chi connectivity index (χ4v) is 0.530. The van der Waals surface area contributed by atoms with Crippen molar-refractivity contribution in [2.45, 2.75) is 13.8 Å². The molecule has 0 aliphatic rings. The average molecular weight is 126 g/mol. The van der Waals surface area contributed by atoms with Gasteiger partial charge in [0.2, 0.25) is 0 Å². The number of quaternary nitrogens is 1. The second kappa shape index (κ2) is 4.04. The van der Waals surface area contributed by atoms with Crippen LogP contribution in [0.2, 0.25) is 0 Å². The first-order valence-corrected chi connectivity index (χ1v) is 2.87. The van der Waals surface area contributed by atoms with E-state index in [0.29, 0.717) is 5.57 Å². The molecule has 0 radical (unpaired) electrons. The number of allylic oxidation sites excluding steroid dienone is 2. The molecule has 0 aliphatic carbocycles. The monoisotopic (exact) mass is 126 g/mol. The van der Waals surface area contributed by atoms with E-state index in [1.807, 2.05) is 19.9 Å². The molecule has 0 aliphatic heterocycles. The molecule has 0 unspecified atom stereocenters. The summed E-state index contributed by atoms with van der Waals surface area (Å²) in [6.45, 7) is 3.69. The van der Waals surface area contributed by atoms with Crippen molar-refractivity contribution in [2.24, 2.45) is 0 Å². The van der Waals surface area contributed by atoms with Crippen molar-refractivity contribution in [3.8, 4) is 0 Å². The van der Waals surface area contributed by atoms with Crippen molar-refractivity contribution in [1.82, 2.24) is 0 Å². The molecule has 2 heteroatoms. The van der Waals surface area contributed by atoms with Crippen LogP contribution in [0.3, 0.4) is 0 Å². The molecule has 0 fully saturated rings. The molecule has 50 valence electrons. The van der Waals surface area contributed by atoms with Crippen LogP contribution in [0.1, 0.15) is 13.8 Å². The molecule has 0 aromatic carbocycles. The summed E-state index contributed by atoms with van der Waals surface area (Å²) < 4.78 is 0. The Balaban J connectivity index is 4.19. The molecule has 0 atom stereocenters. The van der Waals surface area contributed by atoms with E-state index in [4.69, 9.17) is 0 Å². The summed E-state index contributed by atoms with van der Waals surface area (Å²) in [5.74, 6) is -0.129. The lowest BCUT2D eigenvalue weighted by Gasteiger charge is -1.85. The zero-order chi connectivity index (χ0) is 7.28. The first kappa shape index (κ1) is 8.11. The van der Waals surface area contributed by atoms with Crippen LogP contribution in [0, 0.1) is 0 Å². The third kappa shape index (κ3) is 2.82. The van der Waals surface area contributed by atoms with Gasteiger partial charge in [0.15, 0.2) is 0 Å². The molecule has 0 spiro atoms. The van der Waals surface area contributed by atoms with Gasteiger partial charge < -0.3 is 0 Å². The molecule has 0 heterocycles. The van der Waals surface area contributed by atoms with E-state index in [1.165, 1.54) is 0 Å². The van der Waals surface area contributed by atoms with Gasteiger partial charge in [0.25, 0.3) is 0 Å². The highest BCUT2D eigenvalue weighted by Crippen LogP contribution is 1.92. The molecule has 0 bridgehead atoms. The van der Waals surface area contributed by atoms with Crippen LogP contribution < -0.4 is 5.73 Å². The summed E-state index contributed by atoms with van der Waals surface area (Å²) in [5.41, 5.74) is 3.93. The Bertz CT molecular complexity index is 156. The van der Waals surface area contributed by atoms with Crippen LogP contribution in [0.5, 0.6) is 0 Å². The molecular weight excluding hydrogens is 114 g/mol. The summed E-state index contributed by atoms with van der Waals surface area (Å²) in [7, 11) is 0. The highest BCUT2D eigenvalue weighted by atomic mass is 16.1. The van der Waals surface area contributed by atoms with Gasteiger partial charge in [0.05, 0.1) is 5.57 Å². The lowest BCUT2D eigenvalue weighted by molar-refractivity contribution is -0.298. The topological polar surface area (TPSA) is 44.7 Å². The highest BCUT2D eigenvalue weighted by molar-refractivity contribution is 5.87. The summed E-state index contributed by atoms with van der Waals surface area (Å²) in [4.78, 5) is 10.5. The first-order chi connectivity index (χ1) is 4.22. The predicted octanol–water partition coefficient (Wildman–Crippen LogP) is 0.277. The minimum Gasteiger partial charge on any atom is -0.290 e. The highest BCUT2D eigenvalue weighted by Gasteiger charge is 1.99. The fourth-order valence-electron chi connectivity index (χ4n) is 0.530. The molecule has 9 heavy (non-hydrogen) atoms. The summed E-state index contributed by atoms with van der Waals surface area (Å²) >= 11 is 0. The van der Waals surface area contributed by atoms with E-state index in [1.54, 1.807) is 12.2 Å². The minimum absolute atomic E-state index is 0.129. The van der Waals surface area contributed by atoms with Crippen LogP contribution in [-0.4, -0.2) is 5.91 Å². The van der Waals surface area contributed by atoms with Crippen molar-refractivity contribution < 1.29 is 10.5 Å². The lowest BCUT2D eigenvalue weighted by Crippen LogP contribution is -2.57. The normalized spacial score (nSPS) is 12.6. The molecule has 0 saturated heterocycles. The van der Waals surface area contributed by atoms with Crippen LogP contribution >= 0.6 is 0 Å². The third-order valence-electron chi connectivity index (χ3n) is 0.979. The van der Waals surface area contributed by atoms with Crippen LogP contribution in [0.4, 0.5) is 0 Å². The zero-order valence-corrected chi connectivity index (χ0v) is 5.85. The Morgan fingerprint density at radius 3 is 2.11 bits per heavy atom. The molecule has 3 N–H and O–H groups in total. The second-order valence-electron chi connectivity index (χ2n) is 1.67. The SMILES string of the molecule is CC=CC(=CC)C([NH3+])=O. The smallest absolute Gasteiger partial charge is 0.290 e. The maximum Gasteiger partial charge on any atom is 0.340 e. The van der Waals surface area contributed by atoms with E-state index in [2.05, 4.69) is 5.73 Å². The molecule has 0 saturated carbocycles. The standard InChI is InChI=1S/C7H11NO/c1-3-5-6(4-2)7(8)9/h3-5H,1-2H3,(H2,8,9)/p+1. The Morgan fingerprint density at radius 1 is 1.44 bits per heavy atom. The molecule has 0 rings (SSSR count). The summed E-state index contributed by atoms with van der Waals surface area (Å²) in [5, 5.41) is 0. The van der Waals surface area contributed by atoms with Gasteiger partial charge >= 0.3 is 5.91 Å². The average Bonchev–Trinajstić information content (AvgIpc) is 1.82. The molecule has 2 nitrogen and oxygen atoms in total. The van der Waals surface area contributed by atoms with Crippen molar-refractivity contribution >= 4 is 5.91 Å². The number of hydrogen-bond donors (Lipinski definition) is 1. The molecule has 0 aromatic heterocycles. The number of carbonyl (C=O) groups is 1. The lowest BCUT2D eigenvalue weighted by atomic mass is 10.2. The van der Waals surface area contributed by atoms with E-state index < -0.39 is 0 Å². The minimum atomic E-state index is -0.129. The first-order valence-electron chi connectivity index (χ1n) is 2.87. The number of rotatable bonds is 2. The molecule has 0 aromatic rings. The van der Waals surface area contributed by atoms with Gasteiger partial charge in [0.1, 0.15) is 0 Å². The number of hydrogen-bond acceptors (Lipinski definition) is 1. The van der Waals surface area contributed by atoms with Crippen LogP contribution in [0.15, 0.2) is 23.8 Å². The number of carbonyl (C=O) groups excluding carboxylic acids is 1. The van der Waals surface area contributed by atoms with Crippen LogP contribution in [-0.2, 0) is 4.79 Å². The van der Waals surface area contributed by atoms with Gasteiger partial charge in [0, 0.05) is 0 Å². The predicted molar refractivity (Wildman–Crippen MR) is 36.5 cm³/mol. The van der Waals surface area contributed by atoms with Crippen molar-refractivity contribution in [3.05, 3.63) is 23.8 Å². The van der Waals surface area contributed by atoms with E-state index in [0.717, 1.165) is 0 Å². The fraction of sp³-hybridized carbons (Fsp3) is 0.286. The van der Waals surface area contributed by atoms with Gasteiger partial charge in [-0.25, -0.2) is 4.79 Å². The van der Waals surface area contributed by atoms with Crippen molar-refractivity contribution in [2.75, 3.05) is 0 Å². The van der Waals surface area contributed by atoms with E-state index in [9.17, 15) is 4.79 Å². The molecule has 1 amide bonds.